The van der Waals surface area contributed by atoms with Crippen LogP contribution in [0.4, 0.5) is 5.69 Å². The van der Waals surface area contributed by atoms with E-state index in [2.05, 4.69) is 40.2 Å². The Balaban J connectivity index is 1.29. The number of carbonyl (C=O) groups is 1. The number of nitrogens with one attached hydrogen (secondary N) is 1. The molecule has 0 saturated carbocycles. The van der Waals surface area contributed by atoms with Gasteiger partial charge in [-0.3, -0.25) is 4.79 Å². The fourth-order valence-corrected chi connectivity index (χ4v) is 4.93. The number of aromatic amines is 1. The number of fused-ring (bicyclic) bond motifs is 2. The van der Waals surface area contributed by atoms with E-state index in [-0.39, 0.29) is 5.91 Å². The maximum Gasteiger partial charge on any atom is 0.270 e. The summed E-state index contributed by atoms with van der Waals surface area (Å²) in [6.45, 7) is 3.86. The number of para-hydroxylation sites is 1. The zero-order chi connectivity index (χ0) is 16.1. The number of benzene rings is 1. The number of thiophene rings is 1. The second-order valence-corrected chi connectivity index (χ2v) is 7.80. The third kappa shape index (κ3) is 2.23. The van der Waals surface area contributed by atoms with Crippen molar-refractivity contribution in [3.8, 4) is 0 Å². The Morgan fingerprint density at radius 1 is 1.04 bits per heavy atom. The van der Waals surface area contributed by atoms with Crippen molar-refractivity contribution in [1.82, 2.24) is 9.88 Å². The molecule has 1 aromatic carbocycles. The molecule has 2 aliphatic rings. The van der Waals surface area contributed by atoms with Crippen LogP contribution in [-0.4, -0.2) is 42.0 Å². The first-order chi connectivity index (χ1) is 11.8. The van der Waals surface area contributed by atoms with Crippen LogP contribution in [0.3, 0.4) is 0 Å². The Kier molecular flexibility index (Phi) is 3.16. The van der Waals surface area contributed by atoms with Gasteiger partial charge in [0.05, 0.1) is 10.2 Å². The zero-order valence-corrected chi connectivity index (χ0v) is 14.1. The third-order valence-electron chi connectivity index (χ3n) is 5.37. The minimum absolute atomic E-state index is 0.152. The van der Waals surface area contributed by atoms with Gasteiger partial charge in [-0.05, 0) is 29.6 Å². The fraction of sp³-hybridized carbons (Fsp3) is 0.316. The molecule has 5 rings (SSSR count). The van der Waals surface area contributed by atoms with Crippen molar-refractivity contribution in [2.75, 3.05) is 31.1 Å². The number of carbonyl (C=O) groups excluding carboxylic acids is 1. The molecule has 0 aliphatic carbocycles. The van der Waals surface area contributed by atoms with Crippen LogP contribution in [0.2, 0.25) is 0 Å². The first-order valence-corrected chi connectivity index (χ1v) is 9.31. The van der Waals surface area contributed by atoms with Crippen LogP contribution in [0.25, 0.3) is 10.2 Å². The molecule has 0 spiro atoms. The van der Waals surface area contributed by atoms with E-state index in [4.69, 9.17) is 0 Å². The predicted molar refractivity (Wildman–Crippen MR) is 97.7 cm³/mol. The highest BCUT2D eigenvalue weighted by molar-refractivity contribution is 7.17. The summed E-state index contributed by atoms with van der Waals surface area (Å²) in [5, 5.41) is 2.05. The Labute approximate surface area is 144 Å². The SMILES string of the molecule is O=C(c1cc2sccc2[nH]1)N1CC2CN(c3ccccc3)CC2C1. The first kappa shape index (κ1) is 14.1. The van der Waals surface area contributed by atoms with Crippen molar-refractivity contribution in [3.05, 3.63) is 53.5 Å². The zero-order valence-electron chi connectivity index (χ0n) is 13.3. The van der Waals surface area contributed by atoms with Crippen LogP contribution in [0, 0.1) is 11.8 Å². The van der Waals surface area contributed by atoms with E-state index in [1.165, 1.54) is 5.69 Å². The van der Waals surface area contributed by atoms with E-state index in [9.17, 15) is 4.79 Å². The maximum atomic E-state index is 12.8. The first-order valence-electron chi connectivity index (χ1n) is 8.43. The van der Waals surface area contributed by atoms with Crippen LogP contribution in [0.15, 0.2) is 47.8 Å². The van der Waals surface area contributed by atoms with Crippen LogP contribution in [0.5, 0.6) is 0 Å². The molecule has 4 nitrogen and oxygen atoms in total. The molecule has 1 N–H and O–H groups in total. The van der Waals surface area contributed by atoms with Gasteiger partial charge in [0.1, 0.15) is 5.69 Å². The molecule has 3 aromatic rings. The summed E-state index contributed by atoms with van der Waals surface area (Å²) in [5.74, 6) is 1.33. The lowest BCUT2D eigenvalue weighted by Crippen LogP contribution is -2.33. The van der Waals surface area contributed by atoms with Crippen molar-refractivity contribution < 1.29 is 4.79 Å². The van der Waals surface area contributed by atoms with Crippen LogP contribution in [0.1, 0.15) is 10.5 Å². The Hall–Kier alpha value is -2.27. The maximum absolute atomic E-state index is 12.8. The summed E-state index contributed by atoms with van der Waals surface area (Å²) in [5.41, 5.74) is 3.10. The van der Waals surface area contributed by atoms with Gasteiger partial charge in [-0.1, -0.05) is 18.2 Å². The molecular weight excluding hydrogens is 318 g/mol. The molecule has 2 aromatic heterocycles. The van der Waals surface area contributed by atoms with Gasteiger partial charge in [0.25, 0.3) is 5.91 Å². The average Bonchev–Trinajstić information content (AvgIpc) is 3.33. The van der Waals surface area contributed by atoms with Crippen LogP contribution < -0.4 is 4.90 Å². The second-order valence-electron chi connectivity index (χ2n) is 6.85. The monoisotopic (exact) mass is 337 g/mol. The number of rotatable bonds is 2. The molecule has 122 valence electrons. The van der Waals surface area contributed by atoms with E-state index < -0.39 is 0 Å². The number of hydrogen-bond acceptors (Lipinski definition) is 3. The van der Waals surface area contributed by atoms with Crippen molar-refractivity contribution in [2.45, 2.75) is 0 Å². The van der Waals surface area contributed by atoms with Crippen molar-refractivity contribution >= 4 is 33.1 Å². The molecule has 0 radical (unpaired) electrons. The molecule has 2 fully saturated rings. The Bertz CT molecular complexity index is 842. The highest BCUT2D eigenvalue weighted by Crippen LogP contribution is 2.34. The van der Waals surface area contributed by atoms with Crippen molar-refractivity contribution in [2.24, 2.45) is 11.8 Å². The minimum Gasteiger partial charge on any atom is -0.371 e. The van der Waals surface area contributed by atoms with E-state index in [1.54, 1.807) is 11.3 Å². The molecule has 2 saturated heterocycles. The number of amides is 1. The number of nitrogens with zero attached hydrogens (tertiary/aromatic N) is 2. The van der Waals surface area contributed by atoms with Gasteiger partial charge in [0, 0.05) is 43.7 Å². The summed E-state index contributed by atoms with van der Waals surface area (Å²) >= 11 is 1.67. The molecule has 24 heavy (non-hydrogen) atoms. The van der Waals surface area contributed by atoms with Crippen molar-refractivity contribution in [1.29, 1.82) is 0 Å². The normalized spacial score (nSPS) is 23.2. The average molecular weight is 337 g/mol. The van der Waals surface area contributed by atoms with Gasteiger partial charge in [0.15, 0.2) is 0 Å². The predicted octanol–water partition coefficient (Wildman–Crippen LogP) is 3.44. The summed E-state index contributed by atoms with van der Waals surface area (Å²) in [6, 6.07) is 14.6. The Morgan fingerprint density at radius 3 is 2.50 bits per heavy atom. The summed E-state index contributed by atoms with van der Waals surface area (Å²) in [4.78, 5) is 20.5. The summed E-state index contributed by atoms with van der Waals surface area (Å²) < 4.78 is 1.16. The summed E-state index contributed by atoms with van der Waals surface area (Å²) in [7, 11) is 0. The van der Waals surface area contributed by atoms with Gasteiger partial charge in [0.2, 0.25) is 0 Å². The number of H-pyrrole nitrogens is 1. The standard InChI is InChI=1S/C19H19N3OS/c23-19(17-8-18-16(20-17)6-7-24-18)22-11-13-9-21(10-14(13)12-22)15-4-2-1-3-5-15/h1-8,13-14,20H,9-12H2. The molecule has 2 unspecified atom stereocenters. The van der Waals surface area contributed by atoms with E-state index in [1.807, 2.05) is 22.4 Å². The molecule has 2 atom stereocenters. The van der Waals surface area contributed by atoms with Gasteiger partial charge in [-0.15, -0.1) is 11.3 Å². The highest BCUT2D eigenvalue weighted by atomic mass is 32.1. The summed E-state index contributed by atoms with van der Waals surface area (Å²) in [6.07, 6.45) is 0. The molecule has 1 amide bonds. The largest absolute Gasteiger partial charge is 0.371 e. The number of likely N-dealkylation sites (tertiary alicyclic amines) is 1. The Morgan fingerprint density at radius 2 is 1.79 bits per heavy atom. The van der Waals surface area contributed by atoms with Gasteiger partial charge in [-0.2, -0.15) is 0 Å². The molecule has 4 heterocycles. The van der Waals surface area contributed by atoms with Gasteiger partial charge in [-0.25, -0.2) is 0 Å². The van der Waals surface area contributed by atoms with Crippen LogP contribution >= 0.6 is 11.3 Å². The topological polar surface area (TPSA) is 39.3 Å². The second kappa shape index (κ2) is 5.38. The lowest BCUT2D eigenvalue weighted by atomic mass is 10.0. The minimum atomic E-state index is 0.152. The van der Waals surface area contributed by atoms with E-state index in [0.717, 1.165) is 42.1 Å². The molecule has 0 bridgehead atoms. The number of aromatic nitrogens is 1. The molecule has 2 aliphatic heterocycles. The molecule has 5 heteroatoms. The third-order valence-corrected chi connectivity index (χ3v) is 6.23. The van der Waals surface area contributed by atoms with Gasteiger partial charge < -0.3 is 14.8 Å². The molecular formula is C19H19N3OS. The van der Waals surface area contributed by atoms with Crippen LogP contribution in [-0.2, 0) is 0 Å². The lowest BCUT2D eigenvalue weighted by Gasteiger charge is -2.23. The van der Waals surface area contributed by atoms with E-state index >= 15 is 0 Å². The quantitative estimate of drug-likeness (QED) is 0.778. The lowest BCUT2D eigenvalue weighted by molar-refractivity contribution is 0.0778. The van der Waals surface area contributed by atoms with E-state index in [0.29, 0.717) is 11.8 Å². The smallest absolute Gasteiger partial charge is 0.270 e. The number of hydrogen-bond donors (Lipinski definition) is 1. The fourth-order valence-electron chi connectivity index (χ4n) is 4.14. The highest BCUT2D eigenvalue weighted by Gasteiger charge is 2.42. The van der Waals surface area contributed by atoms with Crippen molar-refractivity contribution in [3.63, 3.8) is 0 Å². The van der Waals surface area contributed by atoms with Gasteiger partial charge >= 0.3 is 0 Å². The number of anilines is 1.